The quantitative estimate of drug-likeness (QED) is 0.407. The van der Waals surface area contributed by atoms with E-state index < -0.39 is 96.6 Å². The van der Waals surface area contributed by atoms with E-state index >= 15 is 0 Å². The van der Waals surface area contributed by atoms with Crippen LogP contribution in [0.4, 0.5) is 9.59 Å². The van der Waals surface area contributed by atoms with Crippen LogP contribution in [-0.2, 0) is 57.0 Å². The molecule has 57 heavy (non-hydrogen) atoms. The summed E-state index contributed by atoms with van der Waals surface area (Å²) in [4.78, 5) is 72.9. The second-order valence-corrected chi connectivity index (χ2v) is 20.8. The van der Waals surface area contributed by atoms with Crippen molar-refractivity contribution in [3.63, 3.8) is 0 Å². The molecular weight excluding hydrogens is 785 g/mol. The first-order valence-electron chi connectivity index (χ1n) is 19.4. The number of carbonyl (C=O) groups is 5. The average Bonchev–Trinajstić information content (AvgIpc) is 3.92. The summed E-state index contributed by atoms with van der Waals surface area (Å²) in [5.74, 6) is -1.54. The highest BCUT2D eigenvalue weighted by molar-refractivity contribution is 7.91. The topological polar surface area (TPSA) is 212 Å². The standard InChI is InChI=1S/C38H50N4O13S2/c1-37(2,3)55-36(47)42(56(4,48)49)28-11-9-7-5-6-8-10-25-17-38(25,34(45)39-57(50,51)27-12-13-27)18-30(43)29-16-26(21-41(29)33(28)44)54-35(46)40-19-23-14-31-32(53-22-52-31)15-24(23)20-40/h8,10,14-15,25-29H,5-7,9,11-13,16-22H2,1-4H3,(H,39,45)/b10-8-/t25-,26-,28+,29+,38-/m1/s1. The Hall–Kier alpha value is -4.39. The maximum atomic E-state index is 14.8. The predicted octanol–water partition coefficient (Wildman–Crippen LogP) is 3.50. The minimum absolute atomic E-state index is 0.0752. The van der Waals surface area contributed by atoms with E-state index in [0.717, 1.165) is 22.3 Å². The Kier molecular flexibility index (Phi) is 10.8. The number of ether oxygens (including phenoxy) is 4. The zero-order valence-electron chi connectivity index (χ0n) is 32.6. The molecule has 5 atom stereocenters. The average molecular weight is 835 g/mol. The molecule has 0 aromatic heterocycles. The van der Waals surface area contributed by atoms with Crippen molar-refractivity contribution < 1.29 is 59.8 Å². The van der Waals surface area contributed by atoms with Crippen molar-refractivity contribution in [2.75, 3.05) is 19.6 Å². The molecule has 6 aliphatic rings. The number of nitrogens with one attached hydrogen (secondary N) is 1. The number of amides is 4. The summed E-state index contributed by atoms with van der Waals surface area (Å²) in [6, 6.07) is 0.699. The largest absolute Gasteiger partial charge is 0.454 e. The summed E-state index contributed by atoms with van der Waals surface area (Å²) in [6.45, 7) is 4.89. The Balaban J connectivity index is 1.18. The Bertz CT molecular complexity index is 2060. The molecule has 312 valence electrons. The van der Waals surface area contributed by atoms with Crippen molar-refractivity contribution in [1.29, 1.82) is 0 Å². The summed E-state index contributed by atoms with van der Waals surface area (Å²) < 4.78 is 77.4. The van der Waals surface area contributed by atoms with Crippen molar-refractivity contribution >= 4 is 49.8 Å². The minimum Gasteiger partial charge on any atom is -0.454 e. The second kappa shape index (κ2) is 15.1. The van der Waals surface area contributed by atoms with Gasteiger partial charge in [0.05, 0.1) is 29.5 Å². The molecule has 1 N–H and O–H groups in total. The van der Waals surface area contributed by atoms with E-state index in [2.05, 4.69) is 4.72 Å². The van der Waals surface area contributed by atoms with E-state index in [-0.39, 0.29) is 45.7 Å². The number of hydrogen-bond acceptors (Lipinski definition) is 13. The number of Topliss-reactive ketones (excluding diaryl/α,β-unsaturated/α-hetero) is 1. The van der Waals surface area contributed by atoms with E-state index in [0.29, 0.717) is 54.3 Å². The van der Waals surface area contributed by atoms with Crippen molar-refractivity contribution in [3.05, 3.63) is 35.4 Å². The first-order chi connectivity index (χ1) is 26.8. The van der Waals surface area contributed by atoms with Gasteiger partial charge in [-0.05, 0) is 88.5 Å². The van der Waals surface area contributed by atoms with Crippen LogP contribution in [-0.4, -0.2) is 109 Å². The first kappa shape index (κ1) is 40.8. The second-order valence-electron chi connectivity index (χ2n) is 17.0. The molecule has 4 amide bonds. The highest BCUT2D eigenvalue weighted by Gasteiger charge is 2.62. The molecule has 17 nitrogen and oxygen atoms in total. The Morgan fingerprint density at radius 3 is 2.25 bits per heavy atom. The van der Waals surface area contributed by atoms with Crippen LogP contribution in [0.25, 0.3) is 0 Å². The zero-order chi connectivity index (χ0) is 41.1. The van der Waals surface area contributed by atoms with E-state index in [1.165, 1.54) is 4.90 Å². The molecule has 0 unspecified atom stereocenters. The first-order valence-corrected chi connectivity index (χ1v) is 22.8. The summed E-state index contributed by atoms with van der Waals surface area (Å²) in [5, 5.41) is -0.674. The molecule has 2 aliphatic carbocycles. The van der Waals surface area contributed by atoms with E-state index in [4.69, 9.17) is 18.9 Å². The molecule has 2 saturated carbocycles. The third kappa shape index (κ3) is 8.73. The molecule has 19 heteroatoms. The SMILES string of the molecule is CC(C)(C)OC(=O)N([C@H]1CCCCC/C=C\[C@@H]2C[C@@]2(C(=O)NS(=O)(=O)C2CC2)CC(=O)[C@@H]2C[C@@H](OC(=O)N3Cc4cc5c(cc4C3)OCO5)CN2C1=O)S(C)(=O)=O. The maximum absolute atomic E-state index is 14.8. The fraction of sp³-hybridized carbons (Fsp3) is 0.658. The molecule has 0 radical (unpaired) electrons. The van der Waals surface area contributed by atoms with Crippen LogP contribution in [0.2, 0.25) is 0 Å². The fourth-order valence-corrected chi connectivity index (χ4v) is 10.5. The Labute approximate surface area is 332 Å². The number of rotatable bonds is 6. The lowest BCUT2D eigenvalue weighted by atomic mass is 9.91. The summed E-state index contributed by atoms with van der Waals surface area (Å²) in [7, 11) is -8.36. The van der Waals surface area contributed by atoms with Gasteiger partial charge in [-0.15, -0.1) is 0 Å². The van der Waals surface area contributed by atoms with Gasteiger partial charge in [0.25, 0.3) is 0 Å². The van der Waals surface area contributed by atoms with Gasteiger partial charge in [0.1, 0.15) is 17.7 Å². The number of nitrogens with zero attached hydrogens (tertiary/aromatic N) is 3. The van der Waals surface area contributed by atoms with Crippen LogP contribution in [0.1, 0.15) is 96.1 Å². The van der Waals surface area contributed by atoms with Crippen LogP contribution >= 0.6 is 0 Å². The van der Waals surface area contributed by atoms with E-state index in [1.807, 2.05) is 12.2 Å². The number of carbonyl (C=O) groups excluding carboxylic acids is 5. The van der Waals surface area contributed by atoms with Crippen LogP contribution < -0.4 is 14.2 Å². The van der Waals surface area contributed by atoms with Crippen LogP contribution in [0.3, 0.4) is 0 Å². The molecule has 0 spiro atoms. The summed E-state index contributed by atoms with van der Waals surface area (Å²) in [5.41, 5.74) is -0.833. The van der Waals surface area contributed by atoms with Crippen molar-refractivity contribution in [3.8, 4) is 11.5 Å². The number of benzene rings is 1. The van der Waals surface area contributed by atoms with Crippen molar-refractivity contribution in [2.45, 2.75) is 127 Å². The van der Waals surface area contributed by atoms with Gasteiger partial charge in [-0.25, -0.2) is 26.4 Å². The van der Waals surface area contributed by atoms with Crippen molar-refractivity contribution in [2.24, 2.45) is 11.3 Å². The molecular formula is C38H50N4O13S2. The Morgan fingerprint density at radius 2 is 1.63 bits per heavy atom. The lowest BCUT2D eigenvalue weighted by Crippen LogP contribution is -2.56. The minimum atomic E-state index is -4.42. The third-order valence-corrected chi connectivity index (χ3v) is 14.3. The third-order valence-electron chi connectivity index (χ3n) is 11.3. The molecule has 1 saturated heterocycles. The molecule has 1 aromatic carbocycles. The number of ketones is 1. The molecule has 7 rings (SSSR count). The normalized spacial score (nSPS) is 28.3. The van der Waals surface area contributed by atoms with Gasteiger partial charge in [-0.3, -0.25) is 24.0 Å². The molecule has 3 fully saturated rings. The summed E-state index contributed by atoms with van der Waals surface area (Å²) in [6.07, 6.45) is 4.02. The Morgan fingerprint density at radius 1 is 0.965 bits per heavy atom. The van der Waals surface area contributed by atoms with Gasteiger partial charge in [0.2, 0.25) is 38.7 Å². The number of sulfonamides is 2. The smallest absolute Gasteiger partial charge is 0.424 e. The molecule has 0 bridgehead atoms. The predicted molar refractivity (Wildman–Crippen MR) is 201 cm³/mol. The monoisotopic (exact) mass is 834 g/mol. The van der Waals surface area contributed by atoms with Gasteiger partial charge < -0.3 is 23.8 Å². The van der Waals surface area contributed by atoms with Crippen LogP contribution in [0.15, 0.2) is 24.3 Å². The van der Waals surface area contributed by atoms with Crippen molar-refractivity contribution in [1.82, 2.24) is 18.8 Å². The number of allylic oxidation sites excluding steroid dienone is 2. The zero-order valence-corrected chi connectivity index (χ0v) is 34.2. The highest BCUT2D eigenvalue weighted by Crippen LogP contribution is 2.57. The molecule has 1 aromatic rings. The van der Waals surface area contributed by atoms with Gasteiger partial charge >= 0.3 is 12.2 Å². The lowest BCUT2D eigenvalue weighted by Gasteiger charge is -2.35. The van der Waals surface area contributed by atoms with Gasteiger partial charge in [-0.2, -0.15) is 4.31 Å². The van der Waals surface area contributed by atoms with E-state index in [9.17, 15) is 40.8 Å². The number of fused-ring (bicyclic) bond motifs is 4. The highest BCUT2D eigenvalue weighted by atomic mass is 32.2. The molecule has 4 aliphatic heterocycles. The fourth-order valence-electron chi connectivity index (χ4n) is 8.19. The lowest BCUT2D eigenvalue weighted by molar-refractivity contribution is -0.142. The molecule has 4 heterocycles. The van der Waals surface area contributed by atoms with E-state index in [1.54, 1.807) is 32.9 Å². The van der Waals surface area contributed by atoms with Gasteiger partial charge in [-0.1, -0.05) is 25.0 Å². The van der Waals surface area contributed by atoms with Gasteiger partial charge in [0, 0.05) is 25.9 Å². The van der Waals surface area contributed by atoms with Crippen LogP contribution in [0.5, 0.6) is 11.5 Å². The summed E-state index contributed by atoms with van der Waals surface area (Å²) >= 11 is 0. The maximum Gasteiger partial charge on any atom is 0.424 e. The van der Waals surface area contributed by atoms with Crippen LogP contribution in [0, 0.1) is 11.3 Å². The number of hydrogen-bond donors (Lipinski definition) is 1. The van der Waals surface area contributed by atoms with Gasteiger partial charge in [0.15, 0.2) is 17.3 Å².